The number of hydrogen-bond donors (Lipinski definition) is 1. The van der Waals surface area contributed by atoms with E-state index in [0.717, 1.165) is 30.9 Å². The number of likely N-dealkylation sites (tertiary alicyclic amines) is 1. The van der Waals surface area contributed by atoms with E-state index in [-0.39, 0.29) is 5.91 Å². The van der Waals surface area contributed by atoms with Gasteiger partial charge in [0, 0.05) is 18.7 Å². The lowest BCUT2D eigenvalue weighted by atomic mass is 10.1. The highest BCUT2D eigenvalue weighted by Crippen LogP contribution is 2.25. The number of hydrogen-bond acceptors (Lipinski definition) is 5. The summed E-state index contributed by atoms with van der Waals surface area (Å²) in [5.41, 5.74) is 1.12. The Morgan fingerprint density at radius 1 is 1.25 bits per heavy atom. The van der Waals surface area contributed by atoms with Crippen LogP contribution >= 0.6 is 0 Å². The normalized spacial score (nSPS) is 15.2. The first-order valence-corrected chi connectivity index (χ1v) is 8.36. The molecule has 1 saturated heterocycles. The molecule has 1 amide bonds. The van der Waals surface area contributed by atoms with Crippen molar-refractivity contribution < 1.29 is 13.9 Å². The number of amides is 1. The summed E-state index contributed by atoms with van der Waals surface area (Å²) in [5, 5.41) is 2.94. The number of nitrogens with one attached hydrogen (secondary N) is 1. The predicted octanol–water partition coefficient (Wildman–Crippen LogP) is 2.57. The second-order valence-electron chi connectivity index (χ2n) is 5.92. The molecule has 0 atom stereocenters. The van der Waals surface area contributed by atoms with Gasteiger partial charge in [-0.05, 0) is 50.2 Å². The largest absolute Gasteiger partial charge is 0.497 e. The molecule has 24 heavy (non-hydrogen) atoms. The summed E-state index contributed by atoms with van der Waals surface area (Å²) in [5.74, 6) is 1.03. The van der Waals surface area contributed by atoms with Crippen LogP contribution in [0, 0.1) is 0 Å². The second kappa shape index (κ2) is 7.97. The minimum absolute atomic E-state index is 0.202. The van der Waals surface area contributed by atoms with Crippen LogP contribution in [0.3, 0.4) is 0 Å². The van der Waals surface area contributed by atoms with Gasteiger partial charge in [0.2, 0.25) is 0 Å². The first-order valence-electron chi connectivity index (χ1n) is 8.36. The van der Waals surface area contributed by atoms with Crippen LogP contribution in [0.15, 0.2) is 35.1 Å². The van der Waals surface area contributed by atoms with E-state index in [1.807, 2.05) is 24.3 Å². The van der Waals surface area contributed by atoms with Crippen LogP contribution in [0.25, 0.3) is 11.3 Å². The van der Waals surface area contributed by atoms with Gasteiger partial charge in [-0.2, -0.15) is 0 Å². The highest BCUT2D eigenvalue weighted by Gasteiger charge is 2.18. The van der Waals surface area contributed by atoms with Crippen molar-refractivity contribution in [1.29, 1.82) is 0 Å². The molecule has 1 aliphatic rings. The number of nitrogens with zero attached hydrogens (tertiary/aromatic N) is 2. The van der Waals surface area contributed by atoms with E-state index in [0.29, 0.717) is 18.0 Å². The molecule has 6 heteroatoms. The number of rotatable bonds is 6. The first kappa shape index (κ1) is 16.5. The standard InChI is InChI=1S/C18H23N3O3/c1-23-15-7-5-14(6-8-15)17-16(20-13-24-17)18(22)19-9-12-21-10-3-2-4-11-21/h5-8,13H,2-4,9-12H2,1H3,(H,19,22). The molecule has 0 unspecified atom stereocenters. The Morgan fingerprint density at radius 3 is 2.71 bits per heavy atom. The van der Waals surface area contributed by atoms with E-state index in [9.17, 15) is 4.79 Å². The van der Waals surface area contributed by atoms with Crippen LogP contribution in [0.1, 0.15) is 29.8 Å². The molecule has 0 bridgehead atoms. The fourth-order valence-electron chi connectivity index (χ4n) is 2.95. The molecule has 2 aromatic rings. The number of benzene rings is 1. The van der Waals surface area contributed by atoms with Crippen molar-refractivity contribution in [3.8, 4) is 17.1 Å². The smallest absolute Gasteiger partial charge is 0.273 e. The molecule has 1 N–H and O–H groups in total. The Hall–Kier alpha value is -2.34. The van der Waals surface area contributed by atoms with E-state index in [1.54, 1.807) is 7.11 Å². The maximum atomic E-state index is 12.4. The number of carbonyl (C=O) groups excluding carboxylic acids is 1. The van der Waals surface area contributed by atoms with Crippen LogP contribution in [0.4, 0.5) is 0 Å². The molecule has 0 radical (unpaired) electrons. The molecular formula is C18H23N3O3. The Labute approximate surface area is 141 Å². The van der Waals surface area contributed by atoms with Gasteiger partial charge >= 0.3 is 0 Å². The fourth-order valence-corrected chi connectivity index (χ4v) is 2.95. The maximum absolute atomic E-state index is 12.4. The van der Waals surface area contributed by atoms with Crippen molar-refractivity contribution in [2.75, 3.05) is 33.3 Å². The molecule has 2 heterocycles. The Bertz CT molecular complexity index is 660. The molecule has 1 aromatic carbocycles. The van der Waals surface area contributed by atoms with Gasteiger partial charge in [-0.1, -0.05) is 6.42 Å². The zero-order valence-corrected chi connectivity index (χ0v) is 14.0. The molecule has 0 aliphatic carbocycles. The molecular weight excluding hydrogens is 306 g/mol. The average Bonchev–Trinajstić information content (AvgIpc) is 3.12. The number of aromatic nitrogens is 1. The summed E-state index contributed by atoms with van der Waals surface area (Å²) in [6, 6.07) is 7.36. The Balaban J connectivity index is 1.60. The fraction of sp³-hybridized carbons (Fsp3) is 0.444. The minimum Gasteiger partial charge on any atom is -0.497 e. The molecule has 6 nitrogen and oxygen atoms in total. The van der Waals surface area contributed by atoms with Crippen molar-refractivity contribution in [1.82, 2.24) is 15.2 Å². The van der Waals surface area contributed by atoms with Crippen LogP contribution in [-0.4, -0.2) is 49.1 Å². The van der Waals surface area contributed by atoms with Gasteiger partial charge in [-0.3, -0.25) is 4.79 Å². The third-order valence-electron chi connectivity index (χ3n) is 4.30. The van der Waals surface area contributed by atoms with Gasteiger partial charge in [-0.25, -0.2) is 4.98 Å². The van der Waals surface area contributed by atoms with E-state index < -0.39 is 0 Å². The van der Waals surface area contributed by atoms with Crippen molar-refractivity contribution in [2.24, 2.45) is 0 Å². The summed E-state index contributed by atoms with van der Waals surface area (Å²) in [7, 11) is 1.62. The van der Waals surface area contributed by atoms with Gasteiger partial charge in [-0.15, -0.1) is 0 Å². The summed E-state index contributed by atoms with van der Waals surface area (Å²) in [4.78, 5) is 18.9. The number of oxazole rings is 1. The third-order valence-corrected chi connectivity index (χ3v) is 4.30. The Morgan fingerprint density at radius 2 is 2.00 bits per heavy atom. The van der Waals surface area contributed by atoms with Gasteiger partial charge in [0.05, 0.1) is 7.11 Å². The quantitative estimate of drug-likeness (QED) is 0.882. The van der Waals surface area contributed by atoms with Crippen molar-refractivity contribution in [2.45, 2.75) is 19.3 Å². The zero-order chi connectivity index (χ0) is 16.8. The van der Waals surface area contributed by atoms with Crippen LogP contribution in [0.5, 0.6) is 5.75 Å². The molecule has 0 spiro atoms. The van der Waals surface area contributed by atoms with E-state index in [4.69, 9.17) is 9.15 Å². The first-order chi connectivity index (χ1) is 11.8. The van der Waals surface area contributed by atoms with Gasteiger partial charge in [0.25, 0.3) is 5.91 Å². The molecule has 3 rings (SSSR count). The van der Waals surface area contributed by atoms with Crippen molar-refractivity contribution in [3.05, 3.63) is 36.4 Å². The number of piperidine rings is 1. The topological polar surface area (TPSA) is 67.6 Å². The summed E-state index contributed by atoms with van der Waals surface area (Å²) >= 11 is 0. The molecule has 0 saturated carbocycles. The number of carbonyl (C=O) groups is 1. The summed E-state index contributed by atoms with van der Waals surface area (Å²) < 4.78 is 10.6. The summed E-state index contributed by atoms with van der Waals surface area (Å²) in [6.07, 6.45) is 5.11. The lowest BCUT2D eigenvalue weighted by Gasteiger charge is -2.26. The minimum atomic E-state index is -0.202. The average molecular weight is 329 g/mol. The molecule has 1 aromatic heterocycles. The molecule has 1 fully saturated rings. The lowest BCUT2D eigenvalue weighted by Crippen LogP contribution is -2.37. The van der Waals surface area contributed by atoms with Crippen LogP contribution in [-0.2, 0) is 0 Å². The van der Waals surface area contributed by atoms with Crippen molar-refractivity contribution >= 4 is 5.91 Å². The third kappa shape index (κ3) is 3.94. The van der Waals surface area contributed by atoms with E-state index in [1.165, 1.54) is 25.7 Å². The SMILES string of the molecule is COc1ccc(-c2ocnc2C(=O)NCCN2CCCCC2)cc1. The van der Waals surface area contributed by atoms with Gasteiger partial charge in [0.15, 0.2) is 17.8 Å². The van der Waals surface area contributed by atoms with E-state index in [2.05, 4.69) is 15.2 Å². The highest BCUT2D eigenvalue weighted by atomic mass is 16.5. The van der Waals surface area contributed by atoms with Crippen LogP contribution < -0.4 is 10.1 Å². The monoisotopic (exact) mass is 329 g/mol. The van der Waals surface area contributed by atoms with E-state index >= 15 is 0 Å². The molecule has 1 aliphatic heterocycles. The number of methoxy groups -OCH3 is 1. The maximum Gasteiger partial charge on any atom is 0.273 e. The molecule has 128 valence electrons. The summed E-state index contributed by atoms with van der Waals surface area (Å²) in [6.45, 7) is 3.74. The predicted molar refractivity (Wildman–Crippen MR) is 91.1 cm³/mol. The Kier molecular flexibility index (Phi) is 5.48. The lowest BCUT2D eigenvalue weighted by molar-refractivity contribution is 0.0942. The highest BCUT2D eigenvalue weighted by molar-refractivity contribution is 5.97. The van der Waals surface area contributed by atoms with Gasteiger partial charge in [0.1, 0.15) is 5.75 Å². The van der Waals surface area contributed by atoms with Crippen LogP contribution in [0.2, 0.25) is 0 Å². The zero-order valence-electron chi connectivity index (χ0n) is 14.0. The second-order valence-corrected chi connectivity index (χ2v) is 5.92. The van der Waals surface area contributed by atoms with Gasteiger partial charge < -0.3 is 19.4 Å². The number of ether oxygens (including phenoxy) is 1. The van der Waals surface area contributed by atoms with Crippen molar-refractivity contribution in [3.63, 3.8) is 0 Å².